The largest absolute Gasteiger partial charge is 0.361 e. The quantitative estimate of drug-likeness (QED) is 0.689. The first kappa shape index (κ1) is 12.7. The van der Waals surface area contributed by atoms with E-state index < -0.39 is 4.92 Å². The number of hydrogen-bond acceptors (Lipinski definition) is 3. The summed E-state index contributed by atoms with van der Waals surface area (Å²) in [7, 11) is 0. The molecule has 1 atom stereocenters. The maximum absolute atomic E-state index is 11.8. The molecule has 1 amide bonds. The predicted molar refractivity (Wildman–Crippen MR) is 74.3 cm³/mol. The Morgan fingerprint density at radius 1 is 1.45 bits per heavy atom. The van der Waals surface area contributed by atoms with E-state index >= 15 is 0 Å². The third-order valence-corrected chi connectivity index (χ3v) is 3.94. The van der Waals surface area contributed by atoms with Gasteiger partial charge in [0.05, 0.1) is 11.0 Å². The van der Waals surface area contributed by atoms with Gasteiger partial charge in [0, 0.05) is 42.2 Å². The third kappa shape index (κ3) is 1.93. The number of rotatable bonds is 3. The molecular weight excluding hydrogens is 258 g/mol. The normalized spacial score (nSPS) is 16.9. The van der Waals surface area contributed by atoms with Gasteiger partial charge in [-0.3, -0.25) is 14.9 Å². The highest BCUT2D eigenvalue weighted by atomic mass is 16.6. The highest BCUT2D eigenvalue weighted by Crippen LogP contribution is 2.32. The Morgan fingerprint density at radius 2 is 2.25 bits per heavy atom. The zero-order valence-electron chi connectivity index (χ0n) is 11.1. The van der Waals surface area contributed by atoms with Crippen molar-refractivity contribution < 1.29 is 9.72 Å². The Kier molecular flexibility index (Phi) is 2.93. The van der Waals surface area contributed by atoms with E-state index in [-0.39, 0.29) is 17.6 Å². The summed E-state index contributed by atoms with van der Waals surface area (Å²) in [5.41, 5.74) is 1.85. The average Bonchev–Trinajstić information content (AvgIpc) is 3.03. The number of aromatic nitrogens is 1. The van der Waals surface area contributed by atoms with Gasteiger partial charge in [0.15, 0.2) is 0 Å². The number of amides is 1. The Bertz CT molecular complexity index is 692. The molecule has 1 N–H and O–H groups in total. The number of non-ortho nitro benzene ring substituents is 1. The number of aromatic amines is 1. The lowest BCUT2D eigenvalue weighted by Crippen LogP contribution is -2.27. The maximum Gasteiger partial charge on any atom is 0.270 e. The summed E-state index contributed by atoms with van der Waals surface area (Å²) in [6.07, 6.45) is 3.31. The van der Waals surface area contributed by atoms with Crippen molar-refractivity contribution in [2.45, 2.75) is 25.8 Å². The summed E-state index contributed by atoms with van der Waals surface area (Å²) in [6.45, 7) is 2.71. The lowest BCUT2D eigenvalue weighted by molar-refractivity contribution is -0.384. The summed E-state index contributed by atoms with van der Waals surface area (Å²) in [5.74, 6) is 0.150. The lowest BCUT2D eigenvalue weighted by Gasteiger charge is -2.23. The van der Waals surface area contributed by atoms with Crippen LogP contribution in [0.3, 0.4) is 0 Å². The topological polar surface area (TPSA) is 79.2 Å². The van der Waals surface area contributed by atoms with Crippen LogP contribution in [0.4, 0.5) is 5.69 Å². The Balaban J connectivity index is 2.04. The van der Waals surface area contributed by atoms with Crippen molar-refractivity contribution in [3.8, 4) is 0 Å². The van der Waals surface area contributed by atoms with Crippen molar-refractivity contribution in [3.63, 3.8) is 0 Å². The van der Waals surface area contributed by atoms with E-state index in [4.69, 9.17) is 0 Å². The number of nitrogens with one attached hydrogen (secondary N) is 1. The fourth-order valence-corrected chi connectivity index (χ4v) is 2.84. The minimum atomic E-state index is -0.401. The smallest absolute Gasteiger partial charge is 0.270 e. The van der Waals surface area contributed by atoms with Crippen molar-refractivity contribution in [1.29, 1.82) is 0 Å². The fourth-order valence-electron chi connectivity index (χ4n) is 2.84. The van der Waals surface area contributed by atoms with E-state index in [9.17, 15) is 14.9 Å². The summed E-state index contributed by atoms with van der Waals surface area (Å²) >= 11 is 0. The van der Waals surface area contributed by atoms with Crippen molar-refractivity contribution in [2.75, 3.05) is 6.54 Å². The van der Waals surface area contributed by atoms with Gasteiger partial charge in [-0.05, 0) is 25.0 Å². The van der Waals surface area contributed by atoms with Gasteiger partial charge in [-0.2, -0.15) is 0 Å². The molecule has 2 aromatic rings. The van der Waals surface area contributed by atoms with Crippen LogP contribution in [0.2, 0.25) is 0 Å². The molecule has 1 saturated heterocycles. The van der Waals surface area contributed by atoms with Gasteiger partial charge in [0.1, 0.15) is 0 Å². The van der Waals surface area contributed by atoms with Crippen LogP contribution in [0, 0.1) is 10.1 Å². The number of H-pyrrole nitrogens is 1. The molecular formula is C14H15N3O3. The number of likely N-dealkylation sites (tertiary alicyclic amines) is 1. The molecule has 0 radical (unpaired) electrons. The standard InChI is InChI=1S/C14H15N3O3/c1-9(16-6-2-3-14(16)18)12-8-15-13-5-4-10(17(19)20)7-11(12)13/h4-5,7-9,15H,2-3,6H2,1H3. The molecule has 2 heterocycles. The van der Waals surface area contributed by atoms with E-state index in [0.717, 1.165) is 29.4 Å². The summed E-state index contributed by atoms with van der Waals surface area (Å²) in [5, 5.41) is 11.7. The summed E-state index contributed by atoms with van der Waals surface area (Å²) in [4.78, 5) is 27.3. The molecule has 1 fully saturated rings. The van der Waals surface area contributed by atoms with Crippen molar-refractivity contribution in [1.82, 2.24) is 9.88 Å². The molecule has 0 aliphatic carbocycles. The van der Waals surface area contributed by atoms with Crippen LogP contribution in [0.25, 0.3) is 10.9 Å². The van der Waals surface area contributed by atoms with E-state index in [2.05, 4.69) is 4.98 Å². The van der Waals surface area contributed by atoms with Crippen molar-refractivity contribution in [2.24, 2.45) is 0 Å². The lowest BCUT2D eigenvalue weighted by atomic mass is 10.1. The second kappa shape index (κ2) is 4.63. The molecule has 1 aromatic heterocycles. The fraction of sp³-hybridized carbons (Fsp3) is 0.357. The molecule has 1 unspecified atom stereocenters. The molecule has 0 spiro atoms. The number of nitro benzene ring substituents is 1. The van der Waals surface area contributed by atoms with Gasteiger partial charge >= 0.3 is 0 Å². The Hall–Kier alpha value is -2.37. The van der Waals surface area contributed by atoms with Gasteiger partial charge in [-0.25, -0.2) is 0 Å². The van der Waals surface area contributed by atoms with Gasteiger partial charge in [0.25, 0.3) is 5.69 Å². The van der Waals surface area contributed by atoms with E-state index in [1.807, 2.05) is 18.0 Å². The van der Waals surface area contributed by atoms with Crippen LogP contribution in [-0.4, -0.2) is 27.3 Å². The minimum Gasteiger partial charge on any atom is -0.361 e. The second-order valence-electron chi connectivity index (χ2n) is 5.10. The first-order chi connectivity index (χ1) is 9.58. The first-order valence-corrected chi connectivity index (χ1v) is 6.63. The molecule has 20 heavy (non-hydrogen) atoms. The zero-order chi connectivity index (χ0) is 14.3. The zero-order valence-corrected chi connectivity index (χ0v) is 11.1. The number of hydrogen-bond donors (Lipinski definition) is 1. The monoisotopic (exact) mass is 273 g/mol. The van der Waals surface area contributed by atoms with Crippen LogP contribution in [0.1, 0.15) is 31.4 Å². The van der Waals surface area contributed by atoms with Crippen LogP contribution >= 0.6 is 0 Å². The van der Waals surface area contributed by atoms with Crippen LogP contribution in [0.15, 0.2) is 24.4 Å². The van der Waals surface area contributed by atoms with Gasteiger partial charge in [-0.1, -0.05) is 0 Å². The van der Waals surface area contributed by atoms with Crippen LogP contribution in [-0.2, 0) is 4.79 Å². The molecule has 0 saturated carbocycles. The van der Waals surface area contributed by atoms with Gasteiger partial charge < -0.3 is 9.88 Å². The number of carbonyl (C=O) groups excluding carboxylic acids is 1. The number of fused-ring (bicyclic) bond motifs is 1. The van der Waals surface area contributed by atoms with E-state index in [1.165, 1.54) is 6.07 Å². The molecule has 6 nitrogen and oxygen atoms in total. The number of nitrogens with zero attached hydrogens (tertiary/aromatic N) is 2. The highest BCUT2D eigenvalue weighted by Gasteiger charge is 2.27. The summed E-state index contributed by atoms with van der Waals surface area (Å²) in [6, 6.07) is 4.68. The van der Waals surface area contributed by atoms with E-state index in [0.29, 0.717) is 6.42 Å². The molecule has 104 valence electrons. The molecule has 6 heteroatoms. The van der Waals surface area contributed by atoms with Gasteiger partial charge in [0.2, 0.25) is 5.91 Å². The van der Waals surface area contributed by atoms with Crippen molar-refractivity contribution in [3.05, 3.63) is 40.1 Å². The minimum absolute atomic E-state index is 0.0679. The SMILES string of the molecule is CC(c1c[nH]c2ccc([N+](=O)[O-])cc12)N1CCCC1=O. The first-order valence-electron chi connectivity index (χ1n) is 6.63. The number of carbonyl (C=O) groups is 1. The number of nitro groups is 1. The van der Waals surface area contributed by atoms with Crippen LogP contribution in [0.5, 0.6) is 0 Å². The van der Waals surface area contributed by atoms with Crippen LogP contribution < -0.4 is 0 Å². The predicted octanol–water partition coefficient (Wildman–Crippen LogP) is 2.76. The molecule has 1 aromatic carbocycles. The molecule has 3 rings (SSSR count). The molecule has 1 aliphatic rings. The average molecular weight is 273 g/mol. The van der Waals surface area contributed by atoms with E-state index in [1.54, 1.807) is 12.1 Å². The number of benzene rings is 1. The van der Waals surface area contributed by atoms with Gasteiger partial charge in [-0.15, -0.1) is 0 Å². The summed E-state index contributed by atoms with van der Waals surface area (Å²) < 4.78 is 0. The molecule has 1 aliphatic heterocycles. The van der Waals surface area contributed by atoms with Crippen molar-refractivity contribution >= 4 is 22.5 Å². The second-order valence-corrected chi connectivity index (χ2v) is 5.10. The Morgan fingerprint density at radius 3 is 2.90 bits per heavy atom. The third-order valence-electron chi connectivity index (χ3n) is 3.94. The maximum atomic E-state index is 11.8. The molecule has 0 bridgehead atoms. The highest BCUT2D eigenvalue weighted by molar-refractivity contribution is 5.87. The Labute approximate surface area is 115 Å².